The van der Waals surface area contributed by atoms with E-state index in [4.69, 9.17) is 23.6 Å². The van der Waals surface area contributed by atoms with Crippen LogP contribution in [0.25, 0.3) is 0 Å². The van der Waals surface area contributed by atoms with Gasteiger partial charge in [-0.05, 0) is 38.5 Å². The highest BCUT2D eigenvalue weighted by molar-refractivity contribution is 14.0. The summed E-state index contributed by atoms with van der Waals surface area (Å²) in [5, 5.41) is 3.39. The molecule has 184 valence electrons. The van der Waals surface area contributed by atoms with Gasteiger partial charge < -0.3 is 28.8 Å². The Morgan fingerprint density at radius 1 is 1.06 bits per heavy atom. The van der Waals surface area contributed by atoms with Gasteiger partial charge in [0.1, 0.15) is 12.3 Å². The van der Waals surface area contributed by atoms with Gasteiger partial charge in [-0.1, -0.05) is 0 Å². The summed E-state index contributed by atoms with van der Waals surface area (Å²) in [5.41, 5.74) is 2.05. The van der Waals surface area contributed by atoms with E-state index in [0.717, 1.165) is 62.2 Å². The molecule has 0 aliphatic carbocycles. The number of nitrogens with one attached hydrogen (secondary N) is 1. The summed E-state index contributed by atoms with van der Waals surface area (Å²) in [6, 6.07) is 4.03. The van der Waals surface area contributed by atoms with Crippen molar-refractivity contribution >= 4 is 29.9 Å². The Balaban J connectivity index is 0.00000385. The number of piperazine rings is 1. The van der Waals surface area contributed by atoms with Crippen LogP contribution in [0.1, 0.15) is 29.8 Å². The molecule has 0 spiro atoms. The number of halogens is 1. The number of hydrogen-bond donors (Lipinski definition) is 1. The molecule has 0 atom stereocenters. The number of aliphatic imine (C=N–C) groups is 1. The van der Waals surface area contributed by atoms with E-state index < -0.39 is 0 Å². The van der Waals surface area contributed by atoms with Gasteiger partial charge in [0.25, 0.3) is 0 Å². The first-order valence-electron chi connectivity index (χ1n) is 11.0. The SMILES string of the molecule is CCNC(=NCc1nc(C)c(C)o1)N1CCN(Cc2cc(OC)c(OC)c(OC)c2)CC1.I. The maximum atomic E-state index is 5.67. The summed E-state index contributed by atoms with van der Waals surface area (Å²) in [6.45, 7) is 11.6. The van der Waals surface area contributed by atoms with Crippen LogP contribution in [0.4, 0.5) is 0 Å². The number of hydrogen-bond acceptors (Lipinski definition) is 7. The van der Waals surface area contributed by atoms with Crippen LogP contribution in [-0.4, -0.2) is 74.8 Å². The second-order valence-electron chi connectivity index (χ2n) is 7.72. The molecule has 1 aromatic carbocycles. The summed E-state index contributed by atoms with van der Waals surface area (Å²) in [5.74, 6) is 4.37. The largest absolute Gasteiger partial charge is 0.493 e. The molecule has 10 heteroatoms. The highest BCUT2D eigenvalue weighted by Crippen LogP contribution is 2.38. The molecule has 1 aliphatic rings. The smallest absolute Gasteiger partial charge is 0.216 e. The fourth-order valence-electron chi connectivity index (χ4n) is 3.78. The van der Waals surface area contributed by atoms with Gasteiger partial charge in [-0.3, -0.25) is 4.90 Å². The fourth-order valence-corrected chi connectivity index (χ4v) is 3.78. The minimum absolute atomic E-state index is 0. The van der Waals surface area contributed by atoms with E-state index in [9.17, 15) is 0 Å². The van der Waals surface area contributed by atoms with Gasteiger partial charge in [-0.25, -0.2) is 9.98 Å². The molecule has 1 aliphatic heterocycles. The quantitative estimate of drug-likeness (QED) is 0.293. The van der Waals surface area contributed by atoms with E-state index >= 15 is 0 Å². The van der Waals surface area contributed by atoms with Gasteiger partial charge in [0, 0.05) is 39.3 Å². The van der Waals surface area contributed by atoms with Gasteiger partial charge in [0.2, 0.25) is 11.6 Å². The van der Waals surface area contributed by atoms with E-state index in [1.807, 2.05) is 26.0 Å². The zero-order valence-electron chi connectivity index (χ0n) is 20.4. The molecule has 0 saturated carbocycles. The number of aryl methyl sites for hydroxylation is 2. The lowest BCUT2D eigenvalue weighted by atomic mass is 10.1. The number of benzene rings is 1. The van der Waals surface area contributed by atoms with E-state index in [0.29, 0.717) is 29.7 Å². The molecule has 1 N–H and O–H groups in total. The van der Waals surface area contributed by atoms with Crippen LogP contribution in [0.5, 0.6) is 17.2 Å². The average molecular weight is 573 g/mol. The monoisotopic (exact) mass is 573 g/mol. The number of methoxy groups -OCH3 is 3. The molecule has 33 heavy (non-hydrogen) atoms. The Morgan fingerprint density at radius 3 is 2.18 bits per heavy atom. The lowest BCUT2D eigenvalue weighted by Crippen LogP contribution is -2.52. The maximum Gasteiger partial charge on any atom is 0.216 e. The first kappa shape index (κ1) is 27.0. The van der Waals surface area contributed by atoms with Crippen molar-refractivity contribution < 1.29 is 18.6 Å². The van der Waals surface area contributed by atoms with Crippen molar-refractivity contribution in [1.29, 1.82) is 0 Å². The molecule has 9 nitrogen and oxygen atoms in total. The standard InChI is InChI=1S/C23H35N5O4.HI/c1-7-24-23(25-14-21-26-16(2)17(3)32-21)28-10-8-27(9-11-28)15-18-12-19(29-4)22(31-6)20(13-18)30-5;/h12-13H,7-11,14-15H2,1-6H3,(H,24,25);1H. The Morgan fingerprint density at radius 2 is 1.70 bits per heavy atom. The highest BCUT2D eigenvalue weighted by Gasteiger charge is 2.21. The topological polar surface area (TPSA) is 84.6 Å². The third kappa shape index (κ3) is 6.89. The molecule has 2 aromatic rings. The van der Waals surface area contributed by atoms with Crippen LogP contribution in [0.15, 0.2) is 21.5 Å². The van der Waals surface area contributed by atoms with Crippen LogP contribution < -0.4 is 19.5 Å². The van der Waals surface area contributed by atoms with E-state index in [-0.39, 0.29) is 24.0 Å². The molecule has 0 amide bonds. The first-order valence-corrected chi connectivity index (χ1v) is 11.0. The van der Waals surface area contributed by atoms with Crippen molar-refractivity contribution in [2.75, 3.05) is 54.1 Å². The highest BCUT2D eigenvalue weighted by atomic mass is 127. The minimum Gasteiger partial charge on any atom is -0.493 e. The molecular weight excluding hydrogens is 537 g/mol. The molecule has 0 bridgehead atoms. The van der Waals surface area contributed by atoms with Crippen molar-refractivity contribution in [3.63, 3.8) is 0 Å². The molecule has 1 fully saturated rings. The number of ether oxygens (including phenoxy) is 3. The Bertz CT molecular complexity index is 881. The second-order valence-corrected chi connectivity index (χ2v) is 7.72. The normalized spacial score (nSPS) is 14.6. The number of oxazole rings is 1. The lowest BCUT2D eigenvalue weighted by Gasteiger charge is -2.36. The van der Waals surface area contributed by atoms with Crippen molar-refractivity contribution in [3.8, 4) is 17.2 Å². The molecular formula is C23H36IN5O4. The first-order chi connectivity index (χ1) is 15.5. The van der Waals surface area contributed by atoms with Crippen molar-refractivity contribution in [2.45, 2.75) is 33.9 Å². The third-order valence-corrected chi connectivity index (χ3v) is 5.57. The molecule has 0 unspecified atom stereocenters. The Kier molecular flexibility index (Phi) is 10.6. The molecule has 1 saturated heterocycles. The summed E-state index contributed by atoms with van der Waals surface area (Å²) in [4.78, 5) is 13.9. The fraction of sp³-hybridized carbons (Fsp3) is 0.565. The molecule has 2 heterocycles. The third-order valence-electron chi connectivity index (χ3n) is 5.57. The number of rotatable bonds is 8. The van der Waals surface area contributed by atoms with Crippen LogP contribution >= 0.6 is 24.0 Å². The summed E-state index contributed by atoms with van der Waals surface area (Å²) in [7, 11) is 4.90. The summed E-state index contributed by atoms with van der Waals surface area (Å²) in [6.07, 6.45) is 0. The van der Waals surface area contributed by atoms with Crippen LogP contribution in [-0.2, 0) is 13.1 Å². The second kappa shape index (κ2) is 12.9. The van der Waals surface area contributed by atoms with Gasteiger partial charge in [-0.15, -0.1) is 24.0 Å². The lowest BCUT2D eigenvalue weighted by molar-refractivity contribution is 0.172. The van der Waals surface area contributed by atoms with Gasteiger partial charge >= 0.3 is 0 Å². The van der Waals surface area contributed by atoms with E-state index in [1.54, 1.807) is 21.3 Å². The predicted molar refractivity (Wildman–Crippen MR) is 139 cm³/mol. The number of nitrogens with zero attached hydrogens (tertiary/aromatic N) is 4. The maximum absolute atomic E-state index is 5.67. The zero-order chi connectivity index (χ0) is 23.1. The van der Waals surface area contributed by atoms with Crippen molar-refractivity contribution in [2.24, 2.45) is 4.99 Å². The summed E-state index contributed by atoms with van der Waals surface area (Å²) < 4.78 is 22.1. The van der Waals surface area contributed by atoms with E-state index in [1.165, 1.54) is 0 Å². The van der Waals surface area contributed by atoms with Gasteiger partial charge in [-0.2, -0.15) is 0 Å². The minimum atomic E-state index is 0. The molecule has 3 rings (SSSR count). The summed E-state index contributed by atoms with van der Waals surface area (Å²) >= 11 is 0. The average Bonchev–Trinajstić information content (AvgIpc) is 3.13. The Hall–Kier alpha value is -2.21. The number of aromatic nitrogens is 1. The van der Waals surface area contributed by atoms with Crippen LogP contribution in [0.3, 0.4) is 0 Å². The van der Waals surface area contributed by atoms with Crippen molar-refractivity contribution in [3.05, 3.63) is 35.0 Å². The Labute approximate surface area is 213 Å². The van der Waals surface area contributed by atoms with E-state index in [2.05, 4.69) is 27.0 Å². The predicted octanol–water partition coefficient (Wildman–Crippen LogP) is 3.22. The van der Waals surface area contributed by atoms with Crippen LogP contribution in [0, 0.1) is 13.8 Å². The van der Waals surface area contributed by atoms with Crippen molar-refractivity contribution in [1.82, 2.24) is 20.1 Å². The number of guanidine groups is 1. The van der Waals surface area contributed by atoms with Gasteiger partial charge in [0.15, 0.2) is 17.5 Å². The van der Waals surface area contributed by atoms with Crippen LogP contribution in [0.2, 0.25) is 0 Å². The molecule has 1 aromatic heterocycles. The molecule has 0 radical (unpaired) electrons. The van der Waals surface area contributed by atoms with Gasteiger partial charge in [0.05, 0.1) is 27.0 Å². The zero-order valence-corrected chi connectivity index (χ0v) is 22.8.